The van der Waals surface area contributed by atoms with E-state index in [9.17, 15) is 4.79 Å². The van der Waals surface area contributed by atoms with E-state index in [4.69, 9.17) is 5.73 Å². The summed E-state index contributed by atoms with van der Waals surface area (Å²) >= 11 is 1.73. The van der Waals surface area contributed by atoms with E-state index < -0.39 is 0 Å². The molecule has 3 nitrogen and oxygen atoms in total. The summed E-state index contributed by atoms with van der Waals surface area (Å²) in [6.45, 7) is 4.40. The lowest BCUT2D eigenvalue weighted by Crippen LogP contribution is -2.03. The molecule has 3 N–H and O–H groups in total. The van der Waals surface area contributed by atoms with Gasteiger partial charge in [0.1, 0.15) is 0 Å². The lowest BCUT2D eigenvalue weighted by atomic mass is 10.1. The molecule has 0 fully saturated rings. The van der Waals surface area contributed by atoms with Crippen LogP contribution in [0.4, 0.5) is 11.4 Å². The smallest absolute Gasteiger partial charge is 0.161 e. The molecule has 0 unspecified atom stereocenters. The number of rotatable bonds is 4. The molecule has 0 spiro atoms. The lowest BCUT2D eigenvalue weighted by molar-refractivity contribution is 0.101. The van der Waals surface area contributed by atoms with Gasteiger partial charge in [0.05, 0.1) is 0 Å². The highest BCUT2D eigenvalue weighted by atomic mass is 32.1. The summed E-state index contributed by atoms with van der Waals surface area (Å²) in [5, 5.41) is 5.40. The van der Waals surface area contributed by atoms with Crippen molar-refractivity contribution in [2.75, 3.05) is 11.1 Å². The fraction of sp³-hybridized carbons (Fsp3) is 0.214. The highest BCUT2D eigenvalue weighted by molar-refractivity contribution is 7.10. The maximum atomic E-state index is 11.3. The Balaban J connectivity index is 2.09. The maximum Gasteiger partial charge on any atom is 0.161 e. The number of thiophene rings is 1. The number of hydrogen-bond donors (Lipinski definition) is 2. The fourth-order valence-electron chi connectivity index (χ4n) is 1.76. The van der Waals surface area contributed by atoms with Crippen LogP contribution in [0.25, 0.3) is 0 Å². The summed E-state index contributed by atoms with van der Waals surface area (Å²) in [6, 6.07) is 7.56. The van der Waals surface area contributed by atoms with E-state index in [0.29, 0.717) is 11.3 Å². The van der Waals surface area contributed by atoms with Crippen LogP contribution in [-0.2, 0) is 6.54 Å². The summed E-state index contributed by atoms with van der Waals surface area (Å²) in [4.78, 5) is 12.6. The van der Waals surface area contributed by atoms with Crippen LogP contribution in [0.15, 0.2) is 29.6 Å². The number of carbonyl (C=O) groups excluding carboxylic acids is 1. The predicted molar refractivity (Wildman–Crippen MR) is 77.2 cm³/mol. The molecule has 0 atom stereocenters. The monoisotopic (exact) mass is 260 g/mol. The molecule has 0 bridgehead atoms. The Hall–Kier alpha value is -1.81. The summed E-state index contributed by atoms with van der Waals surface area (Å²) in [5.41, 5.74) is 9.17. The molecular weight excluding hydrogens is 244 g/mol. The van der Waals surface area contributed by atoms with E-state index in [2.05, 4.69) is 23.7 Å². The van der Waals surface area contributed by atoms with Crippen molar-refractivity contribution >= 4 is 28.5 Å². The Kier molecular flexibility index (Phi) is 3.67. The van der Waals surface area contributed by atoms with E-state index in [1.807, 2.05) is 6.07 Å². The van der Waals surface area contributed by atoms with Gasteiger partial charge in [-0.25, -0.2) is 0 Å². The third-order valence-corrected chi connectivity index (χ3v) is 3.88. The number of benzene rings is 1. The van der Waals surface area contributed by atoms with Crippen molar-refractivity contribution in [2.45, 2.75) is 20.4 Å². The normalized spacial score (nSPS) is 10.3. The third kappa shape index (κ3) is 2.71. The second kappa shape index (κ2) is 5.23. The van der Waals surface area contributed by atoms with E-state index >= 15 is 0 Å². The molecule has 4 heteroatoms. The minimum absolute atomic E-state index is 0.00634. The summed E-state index contributed by atoms with van der Waals surface area (Å²) in [7, 11) is 0. The highest BCUT2D eigenvalue weighted by Gasteiger charge is 2.05. The van der Waals surface area contributed by atoms with Crippen molar-refractivity contribution in [2.24, 2.45) is 0 Å². The lowest BCUT2D eigenvalue weighted by Gasteiger charge is -2.08. The number of carbonyl (C=O) groups is 1. The van der Waals surface area contributed by atoms with Gasteiger partial charge in [-0.15, -0.1) is 11.3 Å². The Morgan fingerprint density at radius 2 is 2.17 bits per heavy atom. The number of nitrogens with one attached hydrogen (secondary N) is 1. The number of ketones is 1. The van der Waals surface area contributed by atoms with Gasteiger partial charge in [0, 0.05) is 28.4 Å². The molecule has 2 rings (SSSR count). The van der Waals surface area contributed by atoms with Crippen LogP contribution in [0.5, 0.6) is 0 Å². The molecule has 1 aromatic carbocycles. The van der Waals surface area contributed by atoms with Gasteiger partial charge < -0.3 is 11.1 Å². The van der Waals surface area contributed by atoms with Crippen molar-refractivity contribution in [3.8, 4) is 0 Å². The standard InChI is InChI=1S/C14H16N2OS/c1-9-5-6-18-14(9)8-16-11-3-4-12(10(2)17)13(15)7-11/h3-7,16H,8,15H2,1-2H3. The van der Waals surface area contributed by atoms with Crippen molar-refractivity contribution in [3.05, 3.63) is 45.6 Å². The van der Waals surface area contributed by atoms with Crippen molar-refractivity contribution in [1.82, 2.24) is 0 Å². The molecule has 0 aliphatic rings. The molecule has 1 aromatic heterocycles. The zero-order valence-corrected chi connectivity index (χ0v) is 11.3. The Morgan fingerprint density at radius 3 is 2.72 bits per heavy atom. The maximum absolute atomic E-state index is 11.3. The van der Waals surface area contributed by atoms with Crippen LogP contribution >= 0.6 is 11.3 Å². The number of anilines is 2. The fourth-order valence-corrected chi connectivity index (χ4v) is 2.61. The minimum Gasteiger partial charge on any atom is -0.398 e. The molecule has 94 valence electrons. The second-order valence-corrected chi connectivity index (χ2v) is 5.24. The zero-order valence-electron chi connectivity index (χ0n) is 10.5. The highest BCUT2D eigenvalue weighted by Crippen LogP contribution is 2.21. The summed E-state index contributed by atoms with van der Waals surface area (Å²) < 4.78 is 0. The van der Waals surface area contributed by atoms with Gasteiger partial charge >= 0.3 is 0 Å². The van der Waals surface area contributed by atoms with Gasteiger partial charge in [0.2, 0.25) is 0 Å². The number of aryl methyl sites for hydroxylation is 1. The van der Waals surface area contributed by atoms with Gasteiger partial charge in [-0.2, -0.15) is 0 Å². The first-order valence-corrected chi connectivity index (χ1v) is 6.63. The van der Waals surface area contributed by atoms with Crippen LogP contribution in [0.3, 0.4) is 0 Å². The Morgan fingerprint density at radius 1 is 1.39 bits per heavy atom. The predicted octanol–water partition coefficient (Wildman–Crippen LogP) is 3.45. The van der Waals surface area contributed by atoms with Crippen molar-refractivity contribution in [1.29, 1.82) is 0 Å². The van der Waals surface area contributed by atoms with Gasteiger partial charge in [-0.1, -0.05) is 0 Å². The number of Topliss-reactive ketones (excluding diaryl/α,β-unsaturated/α-hetero) is 1. The van der Waals surface area contributed by atoms with E-state index in [-0.39, 0.29) is 5.78 Å². The van der Waals surface area contributed by atoms with E-state index in [0.717, 1.165) is 12.2 Å². The molecule has 0 aliphatic heterocycles. The molecule has 0 amide bonds. The van der Waals surface area contributed by atoms with Crippen molar-refractivity contribution in [3.63, 3.8) is 0 Å². The largest absolute Gasteiger partial charge is 0.398 e. The molecule has 0 radical (unpaired) electrons. The van der Waals surface area contributed by atoms with Gasteiger partial charge in [-0.3, -0.25) is 4.79 Å². The third-order valence-electron chi connectivity index (χ3n) is 2.85. The molecule has 0 saturated carbocycles. The van der Waals surface area contributed by atoms with Gasteiger partial charge in [-0.05, 0) is 49.1 Å². The first-order chi connectivity index (χ1) is 8.58. The van der Waals surface area contributed by atoms with Gasteiger partial charge in [0.15, 0.2) is 5.78 Å². The average molecular weight is 260 g/mol. The average Bonchev–Trinajstić information content (AvgIpc) is 2.72. The molecule has 1 heterocycles. The van der Waals surface area contributed by atoms with Gasteiger partial charge in [0.25, 0.3) is 0 Å². The van der Waals surface area contributed by atoms with Crippen LogP contribution in [0.2, 0.25) is 0 Å². The zero-order chi connectivity index (χ0) is 13.1. The molecule has 0 aliphatic carbocycles. The number of nitrogens with two attached hydrogens (primary N) is 1. The SMILES string of the molecule is CC(=O)c1ccc(NCc2sccc2C)cc1N. The Bertz CT molecular complexity index is 575. The van der Waals surface area contributed by atoms with Crippen LogP contribution in [0.1, 0.15) is 27.7 Å². The topological polar surface area (TPSA) is 55.1 Å². The first-order valence-electron chi connectivity index (χ1n) is 5.75. The van der Waals surface area contributed by atoms with Crippen LogP contribution in [0, 0.1) is 6.92 Å². The number of hydrogen-bond acceptors (Lipinski definition) is 4. The molecular formula is C14H16N2OS. The molecule has 2 aromatic rings. The number of nitrogen functional groups attached to an aromatic ring is 1. The first kappa shape index (κ1) is 12.6. The van der Waals surface area contributed by atoms with Crippen LogP contribution in [-0.4, -0.2) is 5.78 Å². The van der Waals surface area contributed by atoms with Crippen molar-refractivity contribution < 1.29 is 4.79 Å². The molecule has 0 saturated heterocycles. The quantitative estimate of drug-likeness (QED) is 0.654. The summed E-state index contributed by atoms with van der Waals surface area (Å²) in [5.74, 6) is -0.00634. The van der Waals surface area contributed by atoms with E-state index in [1.165, 1.54) is 17.4 Å². The second-order valence-electron chi connectivity index (χ2n) is 4.24. The Labute approximate surface area is 111 Å². The minimum atomic E-state index is -0.00634. The van der Waals surface area contributed by atoms with Crippen LogP contribution < -0.4 is 11.1 Å². The van der Waals surface area contributed by atoms with E-state index in [1.54, 1.807) is 23.5 Å². The summed E-state index contributed by atoms with van der Waals surface area (Å²) in [6.07, 6.45) is 0. The molecule has 18 heavy (non-hydrogen) atoms.